The Kier molecular flexibility index (Phi) is 10.5. The standard InChI is InChI=1S/C45H49NO11/c1-26-31-23-33(48)43(5)22-21-34-44(25-54-34,57-27(2)47)37(43)38(56-40(51)30-19-13-8-14-20-30)45(53,42(31,3)4)24-32(26)55-41(52)36(49)35(28-15-9-6-10-16-28)46-39(50)29-17-11-7-12-18-29/h6-20,32,34-38,49,53H,21-25H2,1-5H3,(H,46,50)/t32-,34+,35-,36+,37-,38-,43-,44-,45+/m0/s1. The van der Waals surface area contributed by atoms with Gasteiger partial charge in [0.25, 0.3) is 5.91 Å². The minimum atomic E-state index is -2.04. The van der Waals surface area contributed by atoms with Crippen molar-refractivity contribution >= 4 is 29.6 Å². The lowest BCUT2D eigenvalue weighted by Crippen LogP contribution is -2.78. The largest absolute Gasteiger partial charge is 0.456 e. The molecular weight excluding hydrogens is 730 g/mol. The second kappa shape index (κ2) is 15.0. The number of amides is 1. The number of fused-ring (bicyclic) bond motifs is 5. The summed E-state index contributed by atoms with van der Waals surface area (Å²) in [7, 11) is 0. The molecule has 0 spiro atoms. The van der Waals surface area contributed by atoms with E-state index in [-0.39, 0.29) is 30.8 Å². The van der Waals surface area contributed by atoms with Crippen LogP contribution in [0.3, 0.4) is 0 Å². The van der Waals surface area contributed by atoms with Crippen LogP contribution in [0.4, 0.5) is 0 Å². The number of hydrogen-bond acceptors (Lipinski definition) is 11. The highest BCUT2D eigenvalue weighted by molar-refractivity contribution is 5.95. The molecule has 2 bridgehead atoms. The highest BCUT2D eigenvalue weighted by Crippen LogP contribution is 2.64. The molecule has 0 unspecified atom stereocenters. The number of rotatable bonds is 9. The second-order valence-corrected chi connectivity index (χ2v) is 16.6. The van der Waals surface area contributed by atoms with Gasteiger partial charge in [0.1, 0.15) is 29.7 Å². The highest BCUT2D eigenvalue weighted by Gasteiger charge is 2.75. The Balaban J connectivity index is 1.30. The summed E-state index contributed by atoms with van der Waals surface area (Å²) in [5.74, 6) is -4.28. The second-order valence-electron chi connectivity index (χ2n) is 16.6. The maximum absolute atomic E-state index is 14.8. The molecule has 3 fully saturated rings. The summed E-state index contributed by atoms with van der Waals surface area (Å²) in [4.78, 5) is 69.2. The van der Waals surface area contributed by atoms with E-state index >= 15 is 0 Å². The van der Waals surface area contributed by atoms with Crippen molar-refractivity contribution in [1.82, 2.24) is 5.32 Å². The van der Waals surface area contributed by atoms with Crippen LogP contribution in [-0.4, -0.2) is 82.0 Å². The number of carbonyl (C=O) groups excluding carboxylic acids is 5. The molecule has 3 aromatic carbocycles. The quantitative estimate of drug-likeness (QED) is 0.148. The summed E-state index contributed by atoms with van der Waals surface area (Å²) >= 11 is 0. The van der Waals surface area contributed by atoms with E-state index in [0.717, 1.165) is 0 Å². The van der Waals surface area contributed by atoms with Crippen LogP contribution >= 0.6 is 0 Å². The average Bonchev–Trinajstić information content (AvgIpc) is 3.19. The van der Waals surface area contributed by atoms with E-state index in [1.165, 1.54) is 6.92 Å². The van der Waals surface area contributed by atoms with E-state index in [9.17, 15) is 34.2 Å². The molecule has 7 rings (SSSR count). The number of hydrogen-bond donors (Lipinski definition) is 3. The lowest BCUT2D eigenvalue weighted by atomic mass is 9.46. The van der Waals surface area contributed by atoms with E-state index in [0.29, 0.717) is 35.1 Å². The molecule has 0 aromatic heterocycles. The normalized spacial score (nSPS) is 31.1. The fraction of sp³-hybridized carbons (Fsp3) is 0.444. The fourth-order valence-corrected chi connectivity index (χ4v) is 9.77. The molecule has 4 aliphatic rings. The fourth-order valence-electron chi connectivity index (χ4n) is 9.77. The first-order chi connectivity index (χ1) is 27.0. The minimum absolute atomic E-state index is 0.0808. The smallest absolute Gasteiger partial charge is 0.338 e. The molecule has 12 nitrogen and oxygen atoms in total. The molecule has 2 saturated carbocycles. The summed E-state index contributed by atoms with van der Waals surface area (Å²) in [6.45, 7) is 8.21. The van der Waals surface area contributed by atoms with Gasteiger partial charge in [-0.3, -0.25) is 14.4 Å². The van der Waals surface area contributed by atoms with Crippen LogP contribution in [0, 0.1) is 16.7 Å². The molecule has 1 aliphatic heterocycles. The van der Waals surface area contributed by atoms with Gasteiger partial charge in [-0.2, -0.15) is 0 Å². The van der Waals surface area contributed by atoms with E-state index in [1.807, 2.05) is 0 Å². The number of carbonyl (C=O) groups is 5. The van der Waals surface area contributed by atoms with Gasteiger partial charge in [0.15, 0.2) is 11.7 Å². The van der Waals surface area contributed by atoms with Crippen LogP contribution in [0.25, 0.3) is 0 Å². The third kappa shape index (κ3) is 6.77. The van der Waals surface area contributed by atoms with Gasteiger partial charge in [-0.1, -0.05) is 93.1 Å². The van der Waals surface area contributed by atoms with Gasteiger partial charge in [0, 0.05) is 36.2 Å². The van der Waals surface area contributed by atoms with Crippen molar-refractivity contribution in [2.24, 2.45) is 16.7 Å². The van der Waals surface area contributed by atoms with Gasteiger partial charge >= 0.3 is 17.9 Å². The molecular formula is C45H49NO11. The zero-order valence-corrected chi connectivity index (χ0v) is 32.7. The van der Waals surface area contributed by atoms with Crippen molar-refractivity contribution in [2.45, 2.75) is 102 Å². The number of ether oxygens (including phenoxy) is 4. The maximum Gasteiger partial charge on any atom is 0.338 e. The van der Waals surface area contributed by atoms with Gasteiger partial charge in [-0.15, -0.1) is 0 Å². The average molecular weight is 780 g/mol. The Hall–Kier alpha value is -5.17. The SMILES string of the molecule is CC(=O)O[C@@]12CO[C@@H]1CC[C@@]1(C)C(=O)CC3=C(C)[C@@H](OC(=O)[C@H](O)[C@@H](NC(=O)c4ccccc4)c4ccccc4)C[C@@](O)([C@@H](OC(=O)c4ccccc4)[C@H]21)C3(C)C. The molecule has 1 amide bonds. The van der Waals surface area contributed by atoms with E-state index in [2.05, 4.69) is 5.32 Å². The first-order valence-electron chi connectivity index (χ1n) is 19.4. The number of aliphatic hydroxyl groups is 2. The van der Waals surface area contributed by atoms with Crippen molar-refractivity contribution in [1.29, 1.82) is 0 Å². The monoisotopic (exact) mass is 779 g/mol. The highest BCUT2D eigenvalue weighted by atomic mass is 16.6. The topological polar surface area (TPSA) is 175 Å². The molecule has 300 valence electrons. The van der Waals surface area contributed by atoms with Crippen molar-refractivity contribution < 1.29 is 53.1 Å². The van der Waals surface area contributed by atoms with Crippen LogP contribution < -0.4 is 5.32 Å². The van der Waals surface area contributed by atoms with E-state index in [1.54, 1.807) is 119 Å². The molecule has 57 heavy (non-hydrogen) atoms. The van der Waals surface area contributed by atoms with Crippen LogP contribution in [0.1, 0.15) is 92.6 Å². The Labute approximate surface area is 331 Å². The number of esters is 3. The summed E-state index contributed by atoms with van der Waals surface area (Å²) in [5, 5.41) is 27.9. The molecule has 0 radical (unpaired) electrons. The number of nitrogens with one attached hydrogen (secondary N) is 1. The predicted molar refractivity (Wildman–Crippen MR) is 205 cm³/mol. The van der Waals surface area contributed by atoms with Gasteiger partial charge in [-0.25, -0.2) is 9.59 Å². The zero-order valence-electron chi connectivity index (χ0n) is 32.7. The van der Waals surface area contributed by atoms with Gasteiger partial charge < -0.3 is 34.5 Å². The Morgan fingerprint density at radius 2 is 1.47 bits per heavy atom. The third-order valence-electron chi connectivity index (χ3n) is 13.1. The molecule has 3 N–H and O–H groups in total. The molecule has 9 atom stereocenters. The van der Waals surface area contributed by atoms with Crippen LogP contribution in [0.15, 0.2) is 102 Å². The molecule has 12 heteroatoms. The van der Waals surface area contributed by atoms with Crippen molar-refractivity contribution in [3.05, 3.63) is 119 Å². The molecule has 1 saturated heterocycles. The zero-order chi connectivity index (χ0) is 40.9. The van der Waals surface area contributed by atoms with E-state index < -0.39 is 82.2 Å². The molecule has 3 aliphatic carbocycles. The first kappa shape index (κ1) is 40.0. The van der Waals surface area contributed by atoms with Crippen LogP contribution in [-0.2, 0) is 33.3 Å². The van der Waals surface area contributed by atoms with E-state index in [4.69, 9.17) is 18.9 Å². The summed E-state index contributed by atoms with van der Waals surface area (Å²) in [5.41, 5.74) is -4.00. The lowest BCUT2D eigenvalue weighted by Gasteiger charge is -2.66. The Bertz CT molecular complexity index is 2090. The number of Topliss-reactive ketones (excluding diaryl/α,β-unsaturated/α-hetero) is 1. The predicted octanol–water partition coefficient (Wildman–Crippen LogP) is 5.22. The van der Waals surface area contributed by atoms with Gasteiger partial charge in [0.05, 0.1) is 24.1 Å². The maximum atomic E-state index is 14.8. The summed E-state index contributed by atoms with van der Waals surface area (Å²) < 4.78 is 24.6. The number of benzene rings is 3. The van der Waals surface area contributed by atoms with Crippen molar-refractivity contribution in [3.63, 3.8) is 0 Å². The van der Waals surface area contributed by atoms with Crippen molar-refractivity contribution in [2.75, 3.05) is 6.61 Å². The Morgan fingerprint density at radius 3 is 2.05 bits per heavy atom. The molecule has 1 heterocycles. The number of ketones is 1. The number of aliphatic hydroxyl groups excluding tert-OH is 1. The summed E-state index contributed by atoms with van der Waals surface area (Å²) in [6, 6.07) is 23.9. The van der Waals surface area contributed by atoms with Gasteiger partial charge in [0.2, 0.25) is 0 Å². The van der Waals surface area contributed by atoms with Crippen LogP contribution in [0.2, 0.25) is 0 Å². The summed E-state index contributed by atoms with van der Waals surface area (Å²) in [6.07, 6.45) is -4.96. The lowest BCUT2D eigenvalue weighted by molar-refractivity contribution is -0.331. The van der Waals surface area contributed by atoms with Crippen LogP contribution in [0.5, 0.6) is 0 Å². The molecule has 3 aromatic rings. The first-order valence-corrected chi connectivity index (χ1v) is 19.4. The Morgan fingerprint density at radius 1 is 0.877 bits per heavy atom. The van der Waals surface area contributed by atoms with Gasteiger partial charge in [-0.05, 0) is 55.2 Å². The minimum Gasteiger partial charge on any atom is -0.456 e. The third-order valence-corrected chi connectivity index (χ3v) is 13.1. The van der Waals surface area contributed by atoms with Crippen molar-refractivity contribution in [3.8, 4) is 0 Å².